The Morgan fingerprint density at radius 1 is 1.10 bits per heavy atom. The smallest absolute Gasteiger partial charge is 0.252 e. The predicted octanol–water partition coefficient (Wildman–Crippen LogP) is 4.09. The van der Waals surface area contributed by atoms with Crippen molar-refractivity contribution in [2.75, 3.05) is 6.54 Å². The lowest BCUT2D eigenvalue weighted by Gasteiger charge is -2.28. The highest BCUT2D eigenvalue weighted by Gasteiger charge is 2.29. The van der Waals surface area contributed by atoms with Crippen LogP contribution in [0.25, 0.3) is 16.1 Å². The highest BCUT2D eigenvalue weighted by atomic mass is 35.5. The molecule has 0 atom stereocenters. The number of halogens is 2. The number of benzene rings is 2. The molecule has 0 saturated carbocycles. The molecule has 0 fully saturated rings. The molecule has 31 heavy (non-hydrogen) atoms. The topological polar surface area (TPSA) is 85.6 Å². The van der Waals surface area contributed by atoms with E-state index in [0.29, 0.717) is 45.8 Å². The number of nitrogens with zero attached hydrogens (tertiary/aromatic N) is 4. The van der Waals surface area contributed by atoms with Crippen molar-refractivity contribution in [2.24, 2.45) is 5.73 Å². The van der Waals surface area contributed by atoms with Gasteiger partial charge in [0.15, 0.2) is 5.69 Å². The van der Waals surface area contributed by atoms with E-state index in [0.717, 1.165) is 5.56 Å². The fourth-order valence-corrected chi connectivity index (χ4v) is 4.18. The third-order valence-electron chi connectivity index (χ3n) is 5.14. The summed E-state index contributed by atoms with van der Waals surface area (Å²) >= 11 is 12.2. The normalized spacial score (nSPS) is 12.9. The van der Waals surface area contributed by atoms with Crippen molar-refractivity contribution in [1.29, 1.82) is 0 Å². The summed E-state index contributed by atoms with van der Waals surface area (Å²) in [6.45, 7) is 8.13. The van der Waals surface area contributed by atoms with Crippen LogP contribution in [0.4, 0.5) is 5.69 Å². The van der Waals surface area contributed by atoms with Gasteiger partial charge in [-0.05, 0) is 23.8 Å². The molecule has 0 bridgehead atoms. The molecule has 0 saturated heterocycles. The van der Waals surface area contributed by atoms with E-state index >= 15 is 0 Å². The van der Waals surface area contributed by atoms with E-state index in [1.807, 2.05) is 0 Å². The molecule has 2 N–H and O–H groups in total. The molecule has 0 unspecified atom stereocenters. The van der Waals surface area contributed by atoms with Crippen LogP contribution in [0.3, 0.4) is 0 Å². The van der Waals surface area contributed by atoms with Crippen LogP contribution < -0.4 is 5.73 Å². The van der Waals surface area contributed by atoms with Crippen molar-refractivity contribution < 1.29 is 9.59 Å². The molecule has 0 aliphatic carbocycles. The number of carbonyl (C=O) groups is 2. The predicted molar refractivity (Wildman–Crippen MR) is 118 cm³/mol. The first-order valence-electron chi connectivity index (χ1n) is 9.46. The van der Waals surface area contributed by atoms with E-state index in [4.69, 9.17) is 35.5 Å². The fourth-order valence-electron chi connectivity index (χ4n) is 3.66. The summed E-state index contributed by atoms with van der Waals surface area (Å²) in [5.74, 6) is -0.706. The molecule has 156 valence electrons. The van der Waals surface area contributed by atoms with E-state index < -0.39 is 5.91 Å². The number of nitrogens with two attached hydrogens (primary N) is 1. The number of fused-ring (bicyclic) bond motifs is 1. The molecule has 2 heterocycles. The van der Waals surface area contributed by atoms with Crippen LogP contribution in [-0.2, 0) is 24.3 Å². The van der Waals surface area contributed by atoms with Gasteiger partial charge in [-0.25, -0.2) is 4.85 Å². The van der Waals surface area contributed by atoms with Gasteiger partial charge in [0, 0.05) is 22.2 Å². The molecule has 1 aliphatic heterocycles. The van der Waals surface area contributed by atoms with E-state index in [1.54, 1.807) is 52.0 Å². The van der Waals surface area contributed by atoms with E-state index in [1.165, 1.54) is 0 Å². The van der Waals surface area contributed by atoms with Crippen molar-refractivity contribution in [2.45, 2.75) is 19.5 Å². The molecule has 4 rings (SSSR count). The highest BCUT2D eigenvalue weighted by Crippen LogP contribution is 2.32. The summed E-state index contributed by atoms with van der Waals surface area (Å²) in [7, 11) is 0. The zero-order chi connectivity index (χ0) is 22.1. The maximum absolute atomic E-state index is 12.9. The minimum atomic E-state index is -0.628. The second-order valence-electron chi connectivity index (χ2n) is 7.19. The molecule has 0 spiro atoms. The van der Waals surface area contributed by atoms with E-state index in [9.17, 15) is 9.59 Å². The van der Waals surface area contributed by atoms with Crippen molar-refractivity contribution >= 4 is 40.7 Å². The SMILES string of the molecule is [C-]#[N+]c1ccc(CC(=O)N2CCn3nc(-c4cc(Cl)cc(Cl)c4)c(C(N)=O)c3C2)cc1. The Kier molecular flexibility index (Phi) is 5.68. The maximum Gasteiger partial charge on any atom is 0.252 e. The number of rotatable bonds is 4. The largest absolute Gasteiger partial charge is 0.365 e. The molecular weight excluding hydrogens is 437 g/mol. The van der Waals surface area contributed by atoms with Crippen LogP contribution in [0, 0.1) is 6.57 Å². The lowest BCUT2D eigenvalue weighted by atomic mass is 10.0. The Morgan fingerprint density at radius 3 is 2.39 bits per heavy atom. The lowest BCUT2D eigenvalue weighted by Crippen LogP contribution is -2.40. The Labute approximate surface area is 188 Å². The van der Waals surface area contributed by atoms with Crippen LogP contribution >= 0.6 is 23.2 Å². The fraction of sp³-hybridized carbons (Fsp3) is 0.182. The molecule has 7 nitrogen and oxygen atoms in total. The summed E-state index contributed by atoms with van der Waals surface area (Å²) in [6.07, 6.45) is 0.203. The van der Waals surface area contributed by atoms with Crippen LogP contribution in [0.1, 0.15) is 21.6 Å². The number of hydrogen-bond acceptors (Lipinski definition) is 3. The standard InChI is InChI=1S/C22H17Cl2N5O2/c1-26-17-4-2-13(3-5-17)8-19(30)28-6-7-29-18(12-28)20(22(25)31)21(27-29)14-9-15(23)11-16(24)10-14/h2-5,9-11H,6-8,12H2,(H2,25,31). The third kappa shape index (κ3) is 4.26. The number of carbonyl (C=O) groups excluding carboxylic acids is 2. The second kappa shape index (κ2) is 8.42. The zero-order valence-corrected chi connectivity index (χ0v) is 17.8. The first-order chi connectivity index (χ1) is 14.9. The summed E-state index contributed by atoms with van der Waals surface area (Å²) in [5.41, 5.74) is 8.86. The van der Waals surface area contributed by atoms with Gasteiger partial charge >= 0.3 is 0 Å². The molecule has 3 aromatic rings. The average molecular weight is 454 g/mol. The molecule has 1 aliphatic rings. The van der Waals surface area contributed by atoms with Crippen molar-refractivity contribution in [3.05, 3.63) is 80.7 Å². The number of aromatic nitrogens is 2. The molecule has 1 aromatic heterocycles. The van der Waals surface area contributed by atoms with Gasteiger partial charge < -0.3 is 10.6 Å². The molecule has 2 amide bonds. The Bertz CT molecular complexity index is 1210. The van der Waals surface area contributed by atoms with Gasteiger partial charge in [0.05, 0.1) is 37.3 Å². The first-order valence-corrected chi connectivity index (χ1v) is 10.2. The van der Waals surface area contributed by atoms with Gasteiger partial charge in [-0.1, -0.05) is 47.5 Å². The zero-order valence-electron chi connectivity index (χ0n) is 16.3. The van der Waals surface area contributed by atoms with Crippen LogP contribution in [0.2, 0.25) is 10.0 Å². The minimum Gasteiger partial charge on any atom is -0.365 e. The Morgan fingerprint density at radius 2 is 1.77 bits per heavy atom. The quantitative estimate of drug-likeness (QED) is 0.603. The monoisotopic (exact) mass is 453 g/mol. The number of hydrogen-bond donors (Lipinski definition) is 1. The second-order valence-corrected chi connectivity index (χ2v) is 8.06. The molecule has 9 heteroatoms. The maximum atomic E-state index is 12.9. The summed E-state index contributed by atoms with van der Waals surface area (Å²) in [4.78, 5) is 30.2. The summed E-state index contributed by atoms with van der Waals surface area (Å²) < 4.78 is 1.71. The minimum absolute atomic E-state index is 0.0780. The van der Waals surface area contributed by atoms with Crippen molar-refractivity contribution in [3.63, 3.8) is 0 Å². The van der Waals surface area contributed by atoms with Crippen molar-refractivity contribution in [3.8, 4) is 11.3 Å². The van der Waals surface area contributed by atoms with Gasteiger partial charge in [0.1, 0.15) is 5.69 Å². The number of amides is 2. The van der Waals surface area contributed by atoms with Crippen molar-refractivity contribution in [1.82, 2.24) is 14.7 Å². The van der Waals surface area contributed by atoms with Crippen LogP contribution in [0.5, 0.6) is 0 Å². The third-order valence-corrected chi connectivity index (χ3v) is 5.57. The average Bonchev–Trinajstić information content (AvgIpc) is 3.12. The molecule has 0 radical (unpaired) electrons. The van der Waals surface area contributed by atoms with Gasteiger partial charge in [0.25, 0.3) is 5.91 Å². The Balaban J connectivity index is 1.62. The molecular formula is C22H17Cl2N5O2. The van der Waals surface area contributed by atoms with Crippen LogP contribution in [0.15, 0.2) is 42.5 Å². The summed E-state index contributed by atoms with van der Waals surface area (Å²) in [5, 5.41) is 5.40. The van der Waals surface area contributed by atoms with E-state index in [-0.39, 0.29) is 24.4 Å². The van der Waals surface area contributed by atoms with Gasteiger partial charge in [0.2, 0.25) is 5.91 Å². The lowest BCUT2D eigenvalue weighted by molar-refractivity contribution is -0.132. The van der Waals surface area contributed by atoms with Gasteiger partial charge in [-0.2, -0.15) is 5.10 Å². The van der Waals surface area contributed by atoms with E-state index in [2.05, 4.69) is 9.94 Å². The highest BCUT2D eigenvalue weighted by molar-refractivity contribution is 6.35. The summed E-state index contributed by atoms with van der Waals surface area (Å²) in [6, 6.07) is 11.9. The van der Waals surface area contributed by atoms with Gasteiger partial charge in [-0.3, -0.25) is 14.3 Å². The molecule has 2 aromatic carbocycles. The first kappa shape index (κ1) is 20.9. The van der Waals surface area contributed by atoms with Gasteiger partial charge in [-0.15, -0.1) is 0 Å². The Hall–Kier alpha value is -3.34. The van der Waals surface area contributed by atoms with Crippen LogP contribution in [-0.4, -0.2) is 33.0 Å². The number of primary amides is 1.